The van der Waals surface area contributed by atoms with Crippen molar-refractivity contribution in [1.29, 1.82) is 0 Å². The first kappa shape index (κ1) is 21.9. The predicted molar refractivity (Wildman–Crippen MR) is 112 cm³/mol. The summed E-state index contributed by atoms with van der Waals surface area (Å²) in [5.41, 5.74) is 1.45. The van der Waals surface area contributed by atoms with Gasteiger partial charge in [-0.2, -0.15) is 8.78 Å². The number of amides is 1. The van der Waals surface area contributed by atoms with Gasteiger partial charge in [-0.1, -0.05) is 30.3 Å². The van der Waals surface area contributed by atoms with Crippen LogP contribution in [0.1, 0.15) is 34.3 Å². The Labute approximate surface area is 185 Å². The van der Waals surface area contributed by atoms with Crippen LogP contribution >= 0.6 is 0 Å². The van der Waals surface area contributed by atoms with E-state index in [1.54, 1.807) is 36.4 Å². The number of rotatable bonds is 8. The van der Waals surface area contributed by atoms with Crippen LogP contribution in [0, 0.1) is 5.82 Å². The van der Waals surface area contributed by atoms with E-state index in [1.165, 1.54) is 24.5 Å². The molecule has 0 aliphatic heterocycles. The minimum atomic E-state index is -2.88. The molecule has 2 aromatic heterocycles. The zero-order valence-electron chi connectivity index (χ0n) is 17.0. The highest BCUT2D eigenvalue weighted by Gasteiger charge is 2.18. The summed E-state index contributed by atoms with van der Waals surface area (Å²) >= 11 is 0. The van der Waals surface area contributed by atoms with Gasteiger partial charge in [0.05, 0.1) is 11.6 Å². The summed E-state index contributed by atoms with van der Waals surface area (Å²) in [4.78, 5) is 20.7. The van der Waals surface area contributed by atoms with Crippen molar-refractivity contribution >= 4 is 11.9 Å². The van der Waals surface area contributed by atoms with E-state index >= 15 is 0 Å². The van der Waals surface area contributed by atoms with Gasteiger partial charge in [-0.25, -0.2) is 14.4 Å². The molecular weight excluding hydrogens is 437 g/mol. The molecule has 4 rings (SSSR count). The first-order chi connectivity index (χ1) is 16.0. The molecule has 0 aliphatic carbocycles. The van der Waals surface area contributed by atoms with Gasteiger partial charge in [0, 0.05) is 24.5 Å². The predicted octanol–water partition coefficient (Wildman–Crippen LogP) is 4.19. The lowest BCUT2D eigenvalue weighted by Gasteiger charge is -2.20. The molecule has 0 radical (unpaired) electrons. The lowest BCUT2D eigenvalue weighted by molar-refractivity contribution is 0.0952. The largest absolute Gasteiger partial charge is 0.415 e. The van der Waals surface area contributed by atoms with Crippen molar-refractivity contribution in [2.24, 2.45) is 0 Å². The monoisotopic (exact) mass is 454 g/mol. The minimum absolute atomic E-state index is 0.137. The number of hydrogen-bond donors (Lipinski definition) is 2. The molecule has 0 saturated carbocycles. The normalized spacial score (nSPS) is 11.9. The topological polar surface area (TPSA) is 106 Å². The van der Waals surface area contributed by atoms with Gasteiger partial charge in [0.15, 0.2) is 0 Å². The highest BCUT2D eigenvalue weighted by atomic mass is 19.3. The molecule has 1 unspecified atom stereocenters. The molecule has 0 bridgehead atoms. The number of carbonyl (C=O) groups excluding carboxylic acids is 1. The summed E-state index contributed by atoms with van der Waals surface area (Å²) in [7, 11) is 0. The van der Waals surface area contributed by atoms with Crippen molar-refractivity contribution < 1.29 is 22.4 Å². The van der Waals surface area contributed by atoms with Gasteiger partial charge in [0.2, 0.25) is 5.95 Å². The fourth-order valence-corrected chi connectivity index (χ4v) is 2.94. The van der Waals surface area contributed by atoms with Crippen LogP contribution in [0.15, 0.2) is 71.4 Å². The maximum Gasteiger partial charge on any atom is 0.314 e. The quantitative estimate of drug-likeness (QED) is 0.411. The molecule has 1 amide bonds. The fraction of sp³-hybridized carbons (Fsp3) is 0.136. The molecule has 168 valence electrons. The van der Waals surface area contributed by atoms with E-state index in [9.17, 15) is 18.0 Å². The first-order valence-electron chi connectivity index (χ1n) is 9.79. The van der Waals surface area contributed by atoms with Crippen molar-refractivity contribution in [3.8, 4) is 11.5 Å². The van der Waals surface area contributed by atoms with Crippen LogP contribution in [-0.4, -0.2) is 32.6 Å². The minimum Gasteiger partial charge on any atom is -0.415 e. The third-order valence-electron chi connectivity index (χ3n) is 4.60. The first-order valence-corrected chi connectivity index (χ1v) is 9.79. The Morgan fingerprint density at radius 1 is 0.970 bits per heavy atom. The van der Waals surface area contributed by atoms with E-state index in [2.05, 4.69) is 30.8 Å². The zero-order chi connectivity index (χ0) is 23.2. The number of benzene rings is 2. The molecule has 2 N–H and O–H groups in total. The van der Waals surface area contributed by atoms with E-state index in [1.807, 2.05) is 6.07 Å². The Balaban J connectivity index is 1.49. The molecule has 11 heteroatoms. The van der Waals surface area contributed by atoms with Crippen LogP contribution in [0.4, 0.5) is 19.1 Å². The summed E-state index contributed by atoms with van der Waals surface area (Å²) in [5.74, 6) is -1.41. The fourth-order valence-electron chi connectivity index (χ4n) is 2.94. The Morgan fingerprint density at radius 3 is 2.30 bits per heavy atom. The highest BCUT2D eigenvalue weighted by Crippen LogP contribution is 2.23. The molecule has 33 heavy (non-hydrogen) atoms. The second kappa shape index (κ2) is 9.90. The standard InChI is InChI=1S/C22H17F3N6O2/c23-16-8-6-13(7-9-16)17(12-26-19(32)14-4-2-1-3-5-14)29-22-27-10-15(11-28-22)20-30-31-21(33-20)18(24)25/h1-11,17-18H,12H2,(H,26,32)(H,27,28,29). The van der Waals surface area contributed by atoms with E-state index in [0.717, 1.165) is 0 Å². The van der Waals surface area contributed by atoms with Crippen LogP contribution in [-0.2, 0) is 0 Å². The summed E-state index contributed by atoms with van der Waals surface area (Å²) in [6.45, 7) is 0.159. The molecule has 0 aliphatic rings. The number of halogens is 3. The third-order valence-corrected chi connectivity index (χ3v) is 4.60. The number of nitrogens with one attached hydrogen (secondary N) is 2. The molecule has 0 saturated heterocycles. The van der Waals surface area contributed by atoms with Gasteiger partial charge in [-0.3, -0.25) is 4.79 Å². The van der Waals surface area contributed by atoms with Crippen LogP contribution < -0.4 is 10.6 Å². The Kier molecular flexibility index (Phi) is 6.58. The van der Waals surface area contributed by atoms with E-state index in [-0.39, 0.29) is 29.9 Å². The number of alkyl halides is 2. The maximum atomic E-state index is 13.4. The molecular formula is C22H17F3N6O2. The Hall–Kier alpha value is -4.28. The lowest BCUT2D eigenvalue weighted by atomic mass is 10.1. The molecule has 2 heterocycles. The smallest absolute Gasteiger partial charge is 0.314 e. The summed E-state index contributed by atoms with van der Waals surface area (Å²) in [6, 6.07) is 14.0. The summed E-state index contributed by atoms with van der Waals surface area (Å²) in [6.07, 6.45) is -0.208. The molecule has 8 nitrogen and oxygen atoms in total. The van der Waals surface area contributed by atoms with Crippen molar-refractivity contribution in [1.82, 2.24) is 25.5 Å². The number of hydrogen-bond acceptors (Lipinski definition) is 7. The highest BCUT2D eigenvalue weighted by molar-refractivity contribution is 5.94. The average molecular weight is 454 g/mol. The van der Waals surface area contributed by atoms with Crippen molar-refractivity contribution in [3.05, 3.63) is 89.8 Å². The van der Waals surface area contributed by atoms with E-state index < -0.39 is 24.2 Å². The third kappa shape index (κ3) is 5.50. The van der Waals surface area contributed by atoms with Crippen molar-refractivity contribution in [2.75, 3.05) is 11.9 Å². The number of anilines is 1. The SMILES string of the molecule is O=C(NCC(Nc1ncc(-c2nnc(C(F)F)o2)cn1)c1ccc(F)cc1)c1ccccc1. The van der Waals surface area contributed by atoms with Gasteiger partial charge in [0.25, 0.3) is 17.7 Å². The van der Waals surface area contributed by atoms with Crippen LogP contribution in [0.2, 0.25) is 0 Å². The van der Waals surface area contributed by atoms with Gasteiger partial charge in [-0.15, -0.1) is 10.2 Å². The summed E-state index contributed by atoms with van der Waals surface area (Å²) in [5, 5.41) is 12.7. The van der Waals surface area contributed by atoms with Gasteiger partial charge in [0.1, 0.15) is 5.82 Å². The second-order valence-electron chi connectivity index (χ2n) is 6.87. The molecule has 0 fully saturated rings. The van der Waals surface area contributed by atoms with E-state index in [4.69, 9.17) is 4.42 Å². The molecule has 2 aromatic carbocycles. The van der Waals surface area contributed by atoms with Crippen LogP contribution in [0.5, 0.6) is 0 Å². The Morgan fingerprint density at radius 2 is 1.67 bits per heavy atom. The van der Waals surface area contributed by atoms with E-state index in [0.29, 0.717) is 11.1 Å². The van der Waals surface area contributed by atoms with Crippen molar-refractivity contribution in [3.63, 3.8) is 0 Å². The zero-order valence-corrected chi connectivity index (χ0v) is 17.0. The second-order valence-corrected chi connectivity index (χ2v) is 6.87. The molecule has 0 spiro atoms. The van der Waals surface area contributed by atoms with Crippen molar-refractivity contribution in [2.45, 2.75) is 12.5 Å². The average Bonchev–Trinajstić information content (AvgIpc) is 3.34. The van der Waals surface area contributed by atoms with Crippen LogP contribution in [0.3, 0.4) is 0 Å². The maximum absolute atomic E-state index is 13.4. The van der Waals surface area contributed by atoms with Gasteiger partial charge >= 0.3 is 6.43 Å². The lowest BCUT2D eigenvalue weighted by Crippen LogP contribution is -2.31. The number of nitrogens with zero attached hydrogens (tertiary/aromatic N) is 4. The van der Waals surface area contributed by atoms with Gasteiger partial charge in [-0.05, 0) is 29.8 Å². The number of aromatic nitrogens is 4. The molecule has 1 atom stereocenters. The Bertz CT molecular complexity index is 1200. The number of carbonyl (C=O) groups is 1. The van der Waals surface area contributed by atoms with Crippen LogP contribution in [0.25, 0.3) is 11.5 Å². The summed E-state index contributed by atoms with van der Waals surface area (Å²) < 4.78 is 43.5. The van der Waals surface area contributed by atoms with Gasteiger partial charge < -0.3 is 15.1 Å². The molecule has 4 aromatic rings.